The van der Waals surface area contributed by atoms with Crippen LogP contribution in [0.1, 0.15) is 81.1 Å². The topological polar surface area (TPSA) is 125 Å². The van der Waals surface area contributed by atoms with E-state index in [1.54, 1.807) is 44.3 Å². The average Bonchev–Trinajstić information content (AvgIpc) is 2.89. The molecule has 3 atom stereocenters. The Labute approximate surface area is 243 Å². The first-order chi connectivity index (χ1) is 18.6. The molecular weight excluding hydrogens is 526 g/mol. The van der Waals surface area contributed by atoms with Crippen LogP contribution in [0, 0.1) is 5.41 Å². The lowest BCUT2D eigenvalue weighted by atomic mass is 9.85. The number of anilines is 1. The number of nitrogens with one attached hydrogen (secondary N) is 2. The van der Waals surface area contributed by atoms with Crippen molar-refractivity contribution in [2.45, 2.75) is 104 Å². The number of hydrogen-bond acceptors (Lipinski definition) is 6. The van der Waals surface area contributed by atoms with Crippen LogP contribution in [0.5, 0.6) is 0 Å². The van der Waals surface area contributed by atoms with Crippen LogP contribution in [0.15, 0.2) is 40.8 Å². The van der Waals surface area contributed by atoms with Crippen LogP contribution in [0.25, 0.3) is 0 Å². The van der Waals surface area contributed by atoms with Crippen LogP contribution >= 0.6 is 0 Å². The molecule has 0 aromatic heterocycles. The number of nitrogens with two attached hydrogens (primary N) is 1. The molecule has 0 radical (unpaired) electrons. The second-order valence-electron chi connectivity index (χ2n) is 11.7. The molecule has 1 aromatic rings. The van der Waals surface area contributed by atoms with E-state index in [4.69, 9.17) is 5.73 Å². The fraction of sp³-hybridized carbons (Fsp3) is 0.633. The maximum Gasteiger partial charge on any atom is 0.258 e. The molecule has 1 fully saturated rings. The van der Waals surface area contributed by atoms with Gasteiger partial charge in [0.1, 0.15) is 6.04 Å². The van der Waals surface area contributed by atoms with Gasteiger partial charge in [0.15, 0.2) is 11.0 Å². The third-order valence-corrected chi connectivity index (χ3v) is 7.67. The molecule has 0 bridgehead atoms. The molecule has 1 aromatic carbocycles. The van der Waals surface area contributed by atoms with Crippen LogP contribution in [-0.4, -0.2) is 70.0 Å². The van der Waals surface area contributed by atoms with Crippen LogP contribution in [0.4, 0.5) is 5.69 Å². The summed E-state index contributed by atoms with van der Waals surface area (Å²) in [7, 11) is -0.0870. The minimum Gasteiger partial charge on any atom is -0.399 e. The van der Waals surface area contributed by atoms with Gasteiger partial charge in [0.25, 0.3) is 5.91 Å². The maximum atomic E-state index is 13.4. The fourth-order valence-corrected chi connectivity index (χ4v) is 5.06. The number of amides is 3. The summed E-state index contributed by atoms with van der Waals surface area (Å²) in [5, 5.41) is 3.03. The summed E-state index contributed by atoms with van der Waals surface area (Å²) in [6.07, 6.45) is 5.69. The van der Waals surface area contributed by atoms with Crippen molar-refractivity contribution in [3.8, 4) is 0 Å². The van der Waals surface area contributed by atoms with Crippen LogP contribution in [0.2, 0.25) is 0 Å². The van der Waals surface area contributed by atoms with E-state index >= 15 is 0 Å². The predicted molar refractivity (Wildman–Crippen MR) is 164 cm³/mol. The van der Waals surface area contributed by atoms with E-state index in [9.17, 15) is 18.6 Å². The van der Waals surface area contributed by atoms with E-state index in [0.29, 0.717) is 16.2 Å². The van der Waals surface area contributed by atoms with E-state index < -0.39 is 28.3 Å². The predicted octanol–water partition coefficient (Wildman–Crippen LogP) is 4.02. The fourth-order valence-electron chi connectivity index (χ4n) is 4.23. The number of carbonyl (C=O) groups is 3. The minimum absolute atomic E-state index is 0.119. The molecule has 226 valence electrons. The first-order valence-electron chi connectivity index (χ1n) is 14.2. The molecule has 4 N–H and O–H groups in total. The molecule has 40 heavy (non-hydrogen) atoms. The van der Waals surface area contributed by atoms with Gasteiger partial charge < -0.3 is 16.0 Å². The Hall–Kier alpha value is -2.72. The third-order valence-electron chi connectivity index (χ3n) is 6.60. The lowest BCUT2D eigenvalue weighted by Gasteiger charge is -2.40. The highest BCUT2D eigenvalue weighted by Crippen LogP contribution is 2.24. The van der Waals surface area contributed by atoms with Gasteiger partial charge in [0.05, 0.1) is 10.9 Å². The number of carbonyl (C=O) groups excluding carboxylic acids is 3. The largest absolute Gasteiger partial charge is 0.399 e. The number of nitrogens with zero attached hydrogens (tertiary/aromatic N) is 2. The van der Waals surface area contributed by atoms with Crippen molar-refractivity contribution in [2.24, 2.45) is 5.41 Å². The highest BCUT2D eigenvalue weighted by atomic mass is 32.2. The van der Waals surface area contributed by atoms with Crippen LogP contribution < -0.4 is 15.8 Å². The Morgan fingerprint density at radius 2 is 1.73 bits per heavy atom. The Balaban J connectivity index is 0.00000254. The highest BCUT2D eigenvalue weighted by Gasteiger charge is 2.38. The summed E-state index contributed by atoms with van der Waals surface area (Å²) in [5.41, 5.74) is 6.00. The molecule has 0 aliphatic carbocycles. The molecule has 3 unspecified atom stereocenters. The van der Waals surface area contributed by atoms with Gasteiger partial charge in [-0.25, -0.2) is 4.21 Å². The number of rotatable bonds is 9. The average molecular weight is 578 g/mol. The van der Waals surface area contributed by atoms with Crippen molar-refractivity contribution in [1.82, 2.24) is 19.8 Å². The van der Waals surface area contributed by atoms with E-state index in [1.165, 1.54) is 11.3 Å². The summed E-state index contributed by atoms with van der Waals surface area (Å²) in [6, 6.07) is 5.68. The SMILES string of the molecule is C/C(=C\CN(C)C(=O)C(NC(=O)C1CCCCN1C(C)C)C(C)(C)C)C(=O)NS(=O)c1ccc(N)cc1.CCC. The number of hydrogen-bond donors (Lipinski definition) is 3. The first kappa shape index (κ1) is 35.3. The third kappa shape index (κ3) is 11.0. The van der Waals surface area contributed by atoms with Gasteiger partial charge in [-0.1, -0.05) is 53.5 Å². The van der Waals surface area contributed by atoms with Crippen molar-refractivity contribution in [3.05, 3.63) is 35.9 Å². The number of likely N-dealkylation sites (tertiary alicyclic amines) is 1. The quantitative estimate of drug-likeness (QED) is 0.301. The van der Waals surface area contributed by atoms with Gasteiger partial charge in [-0.05, 0) is 69.8 Å². The van der Waals surface area contributed by atoms with Crippen LogP contribution in [0.3, 0.4) is 0 Å². The normalized spacial score (nSPS) is 17.8. The van der Waals surface area contributed by atoms with Gasteiger partial charge in [-0.2, -0.15) is 0 Å². The first-order valence-corrected chi connectivity index (χ1v) is 15.3. The Morgan fingerprint density at radius 3 is 2.25 bits per heavy atom. The summed E-state index contributed by atoms with van der Waals surface area (Å²) >= 11 is 0. The summed E-state index contributed by atoms with van der Waals surface area (Å²) in [5.74, 6) is -0.850. The van der Waals surface area contributed by atoms with Crippen molar-refractivity contribution >= 4 is 34.4 Å². The number of nitrogen functional groups attached to an aromatic ring is 1. The van der Waals surface area contributed by atoms with E-state index in [0.717, 1.165) is 25.8 Å². The highest BCUT2D eigenvalue weighted by molar-refractivity contribution is 7.83. The molecule has 0 saturated carbocycles. The second kappa shape index (κ2) is 16.5. The molecular formula is C30H51N5O4S. The molecule has 2 rings (SSSR count). The van der Waals surface area contributed by atoms with Gasteiger partial charge in [0.2, 0.25) is 11.8 Å². The molecule has 9 nitrogen and oxygen atoms in total. The van der Waals surface area contributed by atoms with E-state index in [-0.39, 0.29) is 30.4 Å². The zero-order valence-corrected chi connectivity index (χ0v) is 26.7. The van der Waals surface area contributed by atoms with Crippen LogP contribution in [-0.2, 0) is 25.4 Å². The number of benzene rings is 1. The minimum atomic E-state index is -1.73. The lowest BCUT2D eigenvalue weighted by molar-refractivity contribution is -0.140. The van der Waals surface area contributed by atoms with Crippen molar-refractivity contribution in [3.63, 3.8) is 0 Å². The maximum absolute atomic E-state index is 13.4. The molecule has 1 saturated heterocycles. The molecule has 1 heterocycles. The van der Waals surface area contributed by atoms with Crippen molar-refractivity contribution in [2.75, 3.05) is 25.9 Å². The monoisotopic (exact) mass is 577 g/mol. The molecule has 1 aliphatic heterocycles. The van der Waals surface area contributed by atoms with E-state index in [2.05, 4.69) is 42.6 Å². The second-order valence-corrected chi connectivity index (χ2v) is 12.9. The Kier molecular flexibility index (Phi) is 14.6. The number of likely N-dealkylation sites (N-methyl/N-ethyl adjacent to an activating group) is 1. The molecule has 0 spiro atoms. The molecule has 10 heteroatoms. The zero-order valence-electron chi connectivity index (χ0n) is 25.9. The van der Waals surface area contributed by atoms with Crippen molar-refractivity contribution in [1.29, 1.82) is 0 Å². The smallest absolute Gasteiger partial charge is 0.258 e. The Morgan fingerprint density at radius 1 is 1.15 bits per heavy atom. The standard InChI is InChI=1S/C27H43N5O4S.C3H8/c1-18(2)32-16-9-8-10-22(32)25(34)29-23(27(4,5)6)26(35)31(7)17-15-19(3)24(33)30-37(36)21-13-11-20(28)12-14-21;1-3-2/h11-15,18,22-23H,8-10,16-17,28H2,1-7H3,(H,29,34)(H,30,33);3H2,1-2H3/b19-15+;. The lowest BCUT2D eigenvalue weighted by Crippen LogP contribution is -2.59. The summed E-state index contributed by atoms with van der Waals surface area (Å²) in [4.78, 5) is 43.3. The van der Waals surface area contributed by atoms with Gasteiger partial charge in [-0.15, -0.1) is 0 Å². The number of piperidine rings is 1. The van der Waals surface area contributed by atoms with Crippen molar-refractivity contribution < 1.29 is 18.6 Å². The van der Waals surface area contributed by atoms with Gasteiger partial charge in [0, 0.05) is 30.9 Å². The molecule has 1 aliphatic rings. The zero-order chi connectivity index (χ0) is 30.6. The summed E-state index contributed by atoms with van der Waals surface area (Å²) < 4.78 is 14.9. The van der Waals surface area contributed by atoms with Gasteiger partial charge in [-0.3, -0.25) is 24.0 Å². The van der Waals surface area contributed by atoms with E-state index in [1.807, 2.05) is 20.8 Å². The van der Waals surface area contributed by atoms with Gasteiger partial charge >= 0.3 is 0 Å². The Bertz CT molecular complexity index is 1030. The summed E-state index contributed by atoms with van der Waals surface area (Å²) in [6.45, 7) is 16.8. The molecule has 3 amide bonds.